The van der Waals surface area contributed by atoms with Crippen LogP contribution in [0.25, 0.3) is 10.8 Å². The predicted octanol–water partition coefficient (Wildman–Crippen LogP) is 2.40. The Labute approximate surface area is 162 Å². The fraction of sp³-hybridized carbons (Fsp3) is 0.300. The van der Waals surface area contributed by atoms with E-state index in [9.17, 15) is 14.7 Å². The number of amides is 1. The van der Waals surface area contributed by atoms with Crippen LogP contribution in [0.1, 0.15) is 0 Å². The van der Waals surface area contributed by atoms with Gasteiger partial charge in [-0.3, -0.25) is 0 Å². The molecule has 0 heterocycles. The highest BCUT2D eigenvalue weighted by Crippen LogP contribution is 2.31. The Morgan fingerprint density at radius 1 is 0.964 bits per heavy atom. The number of carbonyl (C=O) groups is 2. The van der Waals surface area contributed by atoms with Gasteiger partial charge in [-0.1, -0.05) is 30.8 Å². The number of phenolic OH excluding ortho intramolecular Hbond substituents is 1. The van der Waals surface area contributed by atoms with Crippen molar-refractivity contribution in [3.05, 3.63) is 49.1 Å². The summed E-state index contributed by atoms with van der Waals surface area (Å²) in [6, 6.07) is 10.1. The number of benzene rings is 2. The Morgan fingerprint density at radius 3 is 2.43 bits per heavy atom. The summed E-state index contributed by atoms with van der Waals surface area (Å²) in [6.07, 6.45) is 0.477. The van der Waals surface area contributed by atoms with E-state index >= 15 is 0 Å². The predicted molar refractivity (Wildman–Crippen MR) is 102 cm³/mol. The quantitative estimate of drug-likeness (QED) is 0.345. The third-order valence-corrected chi connectivity index (χ3v) is 3.59. The zero-order valence-corrected chi connectivity index (χ0v) is 15.4. The summed E-state index contributed by atoms with van der Waals surface area (Å²) in [6.45, 7) is 4.96. The maximum Gasteiger partial charge on any atom is 0.412 e. The summed E-state index contributed by atoms with van der Waals surface area (Å²) in [5.41, 5.74) is 0. The van der Waals surface area contributed by atoms with Crippen molar-refractivity contribution >= 4 is 22.8 Å². The van der Waals surface area contributed by atoms with Crippen molar-refractivity contribution < 1.29 is 33.6 Å². The molecule has 2 N–H and O–H groups in total. The fourth-order valence-electron chi connectivity index (χ4n) is 2.30. The molecule has 8 heteroatoms. The highest BCUT2D eigenvalue weighted by atomic mass is 16.6. The van der Waals surface area contributed by atoms with Crippen molar-refractivity contribution in [2.24, 2.45) is 0 Å². The standard InChI is InChI=1S/C20H23NO7/c1-2-19(23)27-14-13-26-12-11-25-10-9-21-20(24)28-18-8-4-5-15-16(18)6-3-7-17(15)22/h2-8,22H,1,9-14H2,(H,21,24). The van der Waals surface area contributed by atoms with Crippen molar-refractivity contribution in [3.8, 4) is 11.5 Å². The van der Waals surface area contributed by atoms with Crippen molar-refractivity contribution in [3.63, 3.8) is 0 Å². The molecule has 2 aromatic rings. The van der Waals surface area contributed by atoms with Gasteiger partial charge >= 0.3 is 12.1 Å². The molecule has 0 fully saturated rings. The Balaban J connectivity index is 1.58. The molecule has 2 rings (SSSR count). The number of carbonyl (C=O) groups excluding carboxylic acids is 2. The Hall–Kier alpha value is -3.10. The molecule has 0 atom stereocenters. The molecule has 0 aliphatic heterocycles. The largest absolute Gasteiger partial charge is 0.507 e. The monoisotopic (exact) mass is 389 g/mol. The van der Waals surface area contributed by atoms with Crippen LogP contribution in [0.4, 0.5) is 4.79 Å². The van der Waals surface area contributed by atoms with E-state index in [0.717, 1.165) is 6.08 Å². The highest BCUT2D eigenvalue weighted by molar-refractivity contribution is 5.94. The minimum Gasteiger partial charge on any atom is -0.507 e. The molecule has 150 valence electrons. The molecule has 2 aromatic carbocycles. The van der Waals surface area contributed by atoms with E-state index in [-0.39, 0.29) is 25.5 Å². The summed E-state index contributed by atoms with van der Waals surface area (Å²) in [5.74, 6) is -0.00618. The van der Waals surface area contributed by atoms with Gasteiger partial charge in [0.15, 0.2) is 0 Å². The zero-order valence-electron chi connectivity index (χ0n) is 15.4. The molecule has 0 saturated heterocycles. The maximum absolute atomic E-state index is 11.9. The van der Waals surface area contributed by atoms with Crippen LogP contribution in [0.15, 0.2) is 49.1 Å². The van der Waals surface area contributed by atoms with Gasteiger partial charge in [-0.2, -0.15) is 0 Å². The number of hydrogen-bond donors (Lipinski definition) is 2. The molecule has 0 unspecified atom stereocenters. The smallest absolute Gasteiger partial charge is 0.412 e. The van der Waals surface area contributed by atoms with Gasteiger partial charge < -0.3 is 29.4 Å². The van der Waals surface area contributed by atoms with E-state index in [2.05, 4.69) is 11.9 Å². The van der Waals surface area contributed by atoms with Crippen molar-refractivity contribution in [1.82, 2.24) is 5.32 Å². The van der Waals surface area contributed by atoms with E-state index in [1.54, 1.807) is 36.4 Å². The topological polar surface area (TPSA) is 103 Å². The minimum absolute atomic E-state index is 0.123. The molecule has 1 amide bonds. The summed E-state index contributed by atoms with van der Waals surface area (Å²) in [7, 11) is 0. The summed E-state index contributed by atoms with van der Waals surface area (Å²) < 4.78 is 20.6. The molecule has 0 aromatic heterocycles. The Bertz CT molecular complexity index is 806. The van der Waals surface area contributed by atoms with Gasteiger partial charge in [0.1, 0.15) is 18.1 Å². The molecule has 0 aliphatic rings. The number of nitrogens with one attached hydrogen (secondary N) is 1. The minimum atomic E-state index is -0.611. The van der Waals surface area contributed by atoms with Crippen LogP contribution in [0.5, 0.6) is 11.5 Å². The number of rotatable bonds is 11. The first kappa shape index (κ1) is 21.2. The summed E-state index contributed by atoms with van der Waals surface area (Å²) in [5, 5.41) is 13.7. The highest BCUT2D eigenvalue weighted by Gasteiger charge is 2.09. The molecule has 0 bridgehead atoms. The van der Waals surface area contributed by atoms with Gasteiger partial charge in [-0.05, 0) is 12.1 Å². The molecule has 0 aliphatic carbocycles. The molecule has 0 saturated carbocycles. The van der Waals surface area contributed by atoms with Crippen molar-refractivity contribution in [2.75, 3.05) is 39.6 Å². The van der Waals surface area contributed by atoms with Crippen LogP contribution < -0.4 is 10.1 Å². The van der Waals surface area contributed by atoms with Crippen LogP contribution >= 0.6 is 0 Å². The second kappa shape index (κ2) is 11.6. The normalized spacial score (nSPS) is 10.4. The van der Waals surface area contributed by atoms with Gasteiger partial charge in [0.25, 0.3) is 0 Å². The van der Waals surface area contributed by atoms with Crippen LogP contribution in [-0.2, 0) is 19.0 Å². The Morgan fingerprint density at radius 2 is 1.64 bits per heavy atom. The fourth-order valence-corrected chi connectivity index (χ4v) is 2.30. The zero-order chi connectivity index (χ0) is 20.2. The first-order valence-corrected chi connectivity index (χ1v) is 8.73. The lowest BCUT2D eigenvalue weighted by molar-refractivity contribution is -0.139. The number of fused-ring (bicyclic) bond motifs is 1. The van der Waals surface area contributed by atoms with Crippen molar-refractivity contribution in [1.29, 1.82) is 0 Å². The van der Waals surface area contributed by atoms with Gasteiger partial charge in [0.2, 0.25) is 0 Å². The first-order chi connectivity index (χ1) is 13.6. The number of hydrogen-bond acceptors (Lipinski definition) is 7. The van der Waals surface area contributed by atoms with Gasteiger partial charge in [-0.15, -0.1) is 0 Å². The van der Waals surface area contributed by atoms with Gasteiger partial charge in [0.05, 0.1) is 26.4 Å². The average molecular weight is 389 g/mol. The van der Waals surface area contributed by atoms with Crippen LogP contribution in [0, 0.1) is 0 Å². The van der Waals surface area contributed by atoms with Crippen molar-refractivity contribution in [2.45, 2.75) is 0 Å². The van der Waals surface area contributed by atoms with Gasteiger partial charge in [-0.25, -0.2) is 9.59 Å². The van der Waals surface area contributed by atoms with E-state index in [4.69, 9.17) is 18.9 Å². The molecule has 28 heavy (non-hydrogen) atoms. The molecular weight excluding hydrogens is 366 g/mol. The number of phenols is 1. The lowest BCUT2D eigenvalue weighted by atomic mass is 10.1. The average Bonchev–Trinajstić information content (AvgIpc) is 2.70. The molecule has 0 radical (unpaired) electrons. The summed E-state index contributed by atoms with van der Waals surface area (Å²) >= 11 is 0. The summed E-state index contributed by atoms with van der Waals surface area (Å²) in [4.78, 5) is 22.7. The molecular formula is C20H23NO7. The van der Waals surface area contributed by atoms with E-state index in [0.29, 0.717) is 36.3 Å². The lowest BCUT2D eigenvalue weighted by Gasteiger charge is -2.10. The SMILES string of the molecule is C=CC(=O)OCCOCCOCCNC(=O)Oc1cccc2c(O)cccc12. The third kappa shape index (κ3) is 6.90. The van der Waals surface area contributed by atoms with E-state index < -0.39 is 12.1 Å². The number of aromatic hydroxyl groups is 1. The lowest BCUT2D eigenvalue weighted by Crippen LogP contribution is -2.30. The van der Waals surface area contributed by atoms with E-state index in [1.807, 2.05) is 0 Å². The van der Waals surface area contributed by atoms with Crippen LogP contribution in [0.2, 0.25) is 0 Å². The van der Waals surface area contributed by atoms with Crippen LogP contribution in [-0.4, -0.2) is 56.7 Å². The van der Waals surface area contributed by atoms with Gasteiger partial charge in [0, 0.05) is 23.4 Å². The number of esters is 1. The maximum atomic E-state index is 11.9. The first-order valence-electron chi connectivity index (χ1n) is 8.73. The van der Waals surface area contributed by atoms with Crippen LogP contribution in [0.3, 0.4) is 0 Å². The second-order valence-corrected chi connectivity index (χ2v) is 5.54. The number of ether oxygens (including phenoxy) is 4. The third-order valence-electron chi connectivity index (χ3n) is 3.59. The molecule has 8 nitrogen and oxygen atoms in total. The Kier molecular flexibility index (Phi) is 8.77. The second-order valence-electron chi connectivity index (χ2n) is 5.54. The molecule has 0 spiro atoms. The van der Waals surface area contributed by atoms with E-state index in [1.165, 1.54) is 0 Å².